The smallest absolute Gasteiger partial charge is 0.252 e. The highest BCUT2D eigenvalue weighted by molar-refractivity contribution is 5.94. The number of amides is 1. The molecule has 0 aliphatic carbocycles. The fourth-order valence-corrected chi connectivity index (χ4v) is 1.92. The standard InChI is InChI=1S/C19H17F2NO3/c1-2-24-16-8-5-14(6-9-16)19(23)22-11-3-4-12-25-18-10-7-15(20)13-17(18)21/h5-10,13H,2,11-12H2,1H3,(H,22,23). The summed E-state index contributed by atoms with van der Waals surface area (Å²) in [6, 6.07) is 9.79. The van der Waals surface area contributed by atoms with Gasteiger partial charge in [-0.15, -0.1) is 0 Å². The predicted molar refractivity (Wildman–Crippen MR) is 89.6 cm³/mol. The van der Waals surface area contributed by atoms with E-state index in [1.54, 1.807) is 24.3 Å². The molecule has 2 aromatic rings. The van der Waals surface area contributed by atoms with E-state index in [9.17, 15) is 13.6 Å². The maximum atomic E-state index is 13.3. The van der Waals surface area contributed by atoms with E-state index >= 15 is 0 Å². The summed E-state index contributed by atoms with van der Waals surface area (Å²) < 4.78 is 36.4. The first-order valence-corrected chi connectivity index (χ1v) is 7.64. The predicted octanol–water partition coefficient (Wildman–Crippen LogP) is 3.18. The number of hydrogen-bond acceptors (Lipinski definition) is 3. The van der Waals surface area contributed by atoms with Crippen molar-refractivity contribution < 1.29 is 23.0 Å². The molecular formula is C19H17F2NO3. The number of rotatable bonds is 6. The van der Waals surface area contributed by atoms with Gasteiger partial charge in [0.05, 0.1) is 13.2 Å². The van der Waals surface area contributed by atoms with Gasteiger partial charge in [0.1, 0.15) is 18.2 Å². The van der Waals surface area contributed by atoms with Crippen LogP contribution in [0.5, 0.6) is 11.5 Å². The normalized spacial score (nSPS) is 9.72. The molecule has 0 saturated heterocycles. The molecule has 0 aromatic heterocycles. The van der Waals surface area contributed by atoms with E-state index in [-0.39, 0.29) is 24.8 Å². The number of hydrogen-bond donors (Lipinski definition) is 1. The van der Waals surface area contributed by atoms with Gasteiger partial charge in [0.25, 0.3) is 5.91 Å². The van der Waals surface area contributed by atoms with Crippen molar-refractivity contribution >= 4 is 5.91 Å². The van der Waals surface area contributed by atoms with Crippen LogP contribution in [0, 0.1) is 23.5 Å². The SMILES string of the molecule is CCOc1ccc(C(=O)NCC#CCOc2ccc(F)cc2F)cc1. The van der Waals surface area contributed by atoms with Gasteiger partial charge >= 0.3 is 0 Å². The van der Waals surface area contributed by atoms with Gasteiger partial charge in [0.2, 0.25) is 0 Å². The molecular weight excluding hydrogens is 328 g/mol. The van der Waals surface area contributed by atoms with Gasteiger partial charge in [-0.1, -0.05) is 11.8 Å². The number of carbonyl (C=O) groups excluding carboxylic acids is 1. The first kappa shape index (κ1) is 18.3. The van der Waals surface area contributed by atoms with Crippen molar-refractivity contribution in [1.82, 2.24) is 5.32 Å². The molecule has 0 heterocycles. The molecule has 0 radical (unpaired) electrons. The van der Waals surface area contributed by atoms with Crippen molar-refractivity contribution in [3.8, 4) is 23.3 Å². The van der Waals surface area contributed by atoms with Gasteiger partial charge in [0.15, 0.2) is 11.6 Å². The van der Waals surface area contributed by atoms with E-state index in [4.69, 9.17) is 9.47 Å². The lowest BCUT2D eigenvalue weighted by atomic mass is 10.2. The van der Waals surface area contributed by atoms with E-state index in [1.165, 1.54) is 6.07 Å². The number of ether oxygens (including phenoxy) is 2. The number of nitrogens with one attached hydrogen (secondary N) is 1. The zero-order valence-electron chi connectivity index (χ0n) is 13.6. The molecule has 0 fully saturated rings. The minimum absolute atomic E-state index is 0.0680. The minimum atomic E-state index is -0.786. The highest BCUT2D eigenvalue weighted by atomic mass is 19.1. The second kappa shape index (κ2) is 9.28. The summed E-state index contributed by atoms with van der Waals surface area (Å²) in [5.41, 5.74) is 0.495. The van der Waals surface area contributed by atoms with E-state index in [0.717, 1.165) is 12.1 Å². The lowest BCUT2D eigenvalue weighted by Crippen LogP contribution is -2.23. The van der Waals surface area contributed by atoms with Gasteiger partial charge in [-0.05, 0) is 43.3 Å². The fourth-order valence-electron chi connectivity index (χ4n) is 1.92. The van der Waals surface area contributed by atoms with Crippen LogP contribution in [0.1, 0.15) is 17.3 Å². The zero-order chi connectivity index (χ0) is 18.1. The number of carbonyl (C=O) groups is 1. The summed E-state index contributed by atoms with van der Waals surface area (Å²) in [6.45, 7) is 2.50. The van der Waals surface area contributed by atoms with Gasteiger partial charge in [-0.3, -0.25) is 4.79 Å². The lowest BCUT2D eigenvalue weighted by Gasteiger charge is -2.05. The monoisotopic (exact) mass is 345 g/mol. The molecule has 0 spiro atoms. The van der Waals surface area contributed by atoms with Crippen LogP contribution >= 0.6 is 0 Å². The summed E-state index contributed by atoms with van der Waals surface area (Å²) in [7, 11) is 0. The second-order valence-corrected chi connectivity index (χ2v) is 4.86. The Kier molecular flexibility index (Phi) is 6.78. The maximum Gasteiger partial charge on any atom is 0.252 e. The topological polar surface area (TPSA) is 47.6 Å². The van der Waals surface area contributed by atoms with Crippen LogP contribution in [0.15, 0.2) is 42.5 Å². The molecule has 1 amide bonds. The van der Waals surface area contributed by atoms with Crippen molar-refractivity contribution in [2.24, 2.45) is 0 Å². The molecule has 4 nitrogen and oxygen atoms in total. The molecule has 0 unspecified atom stereocenters. The maximum absolute atomic E-state index is 13.3. The Morgan fingerprint density at radius 3 is 2.52 bits per heavy atom. The van der Waals surface area contributed by atoms with Crippen LogP contribution in [0.25, 0.3) is 0 Å². The van der Waals surface area contributed by atoms with Crippen LogP contribution in [-0.2, 0) is 0 Å². The Bertz CT molecular complexity index is 779. The second-order valence-electron chi connectivity index (χ2n) is 4.86. The summed E-state index contributed by atoms with van der Waals surface area (Å²) in [5.74, 6) is 4.23. The molecule has 0 aliphatic rings. The van der Waals surface area contributed by atoms with Gasteiger partial charge in [-0.25, -0.2) is 8.78 Å². The van der Waals surface area contributed by atoms with Gasteiger partial charge < -0.3 is 14.8 Å². The van der Waals surface area contributed by atoms with Gasteiger partial charge in [-0.2, -0.15) is 0 Å². The van der Waals surface area contributed by atoms with Crippen LogP contribution in [-0.4, -0.2) is 25.7 Å². The fraction of sp³-hybridized carbons (Fsp3) is 0.211. The highest BCUT2D eigenvalue weighted by Crippen LogP contribution is 2.17. The molecule has 1 N–H and O–H groups in total. The minimum Gasteiger partial charge on any atom is -0.494 e. The van der Waals surface area contributed by atoms with Crippen molar-refractivity contribution in [2.45, 2.75) is 6.92 Å². The largest absolute Gasteiger partial charge is 0.494 e. The van der Waals surface area contributed by atoms with E-state index in [2.05, 4.69) is 17.2 Å². The molecule has 6 heteroatoms. The molecule has 0 aliphatic heterocycles. The number of halogens is 2. The molecule has 2 rings (SSSR count). The Balaban J connectivity index is 1.75. The average Bonchev–Trinajstić information content (AvgIpc) is 2.60. The zero-order valence-corrected chi connectivity index (χ0v) is 13.6. The summed E-state index contributed by atoms with van der Waals surface area (Å²) in [4.78, 5) is 11.9. The van der Waals surface area contributed by atoms with Crippen molar-refractivity contribution in [1.29, 1.82) is 0 Å². The summed E-state index contributed by atoms with van der Waals surface area (Å²) >= 11 is 0. The van der Waals surface area contributed by atoms with Crippen LogP contribution in [0.2, 0.25) is 0 Å². The van der Waals surface area contributed by atoms with E-state index < -0.39 is 11.6 Å². The van der Waals surface area contributed by atoms with Crippen molar-refractivity contribution in [3.63, 3.8) is 0 Å². The Hall–Kier alpha value is -3.07. The molecule has 130 valence electrons. The molecule has 0 saturated carbocycles. The third kappa shape index (κ3) is 5.81. The van der Waals surface area contributed by atoms with Gasteiger partial charge in [0, 0.05) is 11.6 Å². The lowest BCUT2D eigenvalue weighted by molar-refractivity contribution is 0.0958. The molecule has 0 atom stereocenters. The highest BCUT2D eigenvalue weighted by Gasteiger charge is 2.04. The van der Waals surface area contributed by atoms with Crippen LogP contribution in [0.4, 0.5) is 8.78 Å². The Morgan fingerprint density at radius 2 is 1.84 bits per heavy atom. The van der Waals surface area contributed by atoms with Crippen molar-refractivity contribution in [3.05, 3.63) is 59.7 Å². The average molecular weight is 345 g/mol. The molecule has 2 aromatic carbocycles. The summed E-state index contributed by atoms with van der Waals surface area (Å²) in [6.07, 6.45) is 0. The Labute approximate surface area is 144 Å². The first-order valence-electron chi connectivity index (χ1n) is 7.64. The summed E-state index contributed by atoms with van der Waals surface area (Å²) in [5, 5.41) is 2.64. The van der Waals surface area contributed by atoms with Crippen molar-refractivity contribution in [2.75, 3.05) is 19.8 Å². The van der Waals surface area contributed by atoms with E-state index in [1.807, 2.05) is 6.92 Å². The first-order chi connectivity index (χ1) is 12.1. The third-order valence-electron chi connectivity index (χ3n) is 3.08. The van der Waals surface area contributed by atoms with E-state index in [0.29, 0.717) is 17.9 Å². The quantitative estimate of drug-likeness (QED) is 0.818. The number of benzene rings is 2. The van der Waals surface area contributed by atoms with Crippen LogP contribution < -0.4 is 14.8 Å². The molecule has 25 heavy (non-hydrogen) atoms. The van der Waals surface area contributed by atoms with Crippen LogP contribution in [0.3, 0.4) is 0 Å². The third-order valence-corrected chi connectivity index (χ3v) is 3.08. The Morgan fingerprint density at radius 1 is 1.08 bits per heavy atom. The molecule has 0 bridgehead atoms.